The van der Waals surface area contributed by atoms with Gasteiger partial charge in [-0.05, 0) is 14.0 Å². The number of nitrogens with zero attached hydrogens (tertiary/aromatic N) is 3. The van der Waals surface area contributed by atoms with E-state index < -0.39 is 0 Å². The Hall–Kier alpha value is -1.43. The molecule has 0 saturated carbocycles. The summed E-state index contributed by atoms with van der Waals surface area (Å²) in [6, 6.07) is -0.000411. The number of rotatable bonds is 5. The molecule has 1 heterocycles. The van der Waals surface area contributed by atoms with Crippen molar-refractivity contribution in [2.45, 2.75) is 26.8 Å². The molecule has 0 aliphatic carbocycles. The smallest absolute Gasteiger partial charge is 0.309 e. The lowest BCUT2D eigenvalue weighted by molar-refractivity contribution is -0.145. The SMILES string of the molecule is COC(=O)[C@H](C)CN(C)[C@H](C)c1noc(C)n1. The minimum absolute atomic E-state index is 0.000411. The lowest BCUT2D eigenvalue weighted by Gasteiger charge is -2.24. The minimum atomic E-state index is -0.214. The third kappa shape index (κ3) is 3.52. The summed E-state index contributed by atoms with van der Waals surface area (Å²) in [5.74, 6) is 0.775. The maximum Gasteiger partial charge on any atom is 0.309 e. The number of carbonyl (C=O) groups is 1. The van der Waals surface area contributed by atoms with E-state index in [1.54, 1.807) is 6.92 Å². The molecule has 0 N–H and O–H groups in total. The molecule has 0 spiro atoms. The Kier molecular flexibility index (Phi) is 4.62. The van der Waals surface area contributed by atoms with E-state index in [9.17, 15) is 4.79 Å². The average molecular weight is 241 g/mol. The van der Waals surface area contributed by atoms with Crippen LogP contribution in [0.5, 0.6) is 0 Å². The predicted molar refractivity (Wildman–Crippen MR) is 61.3 cm³/mol. The summed E-state index contributed by atoms with van der Waals surface area (Å²) in [4.78, 5) is 17.5. The van der Waals surface area contributed by atoms with Crippen molar-refractivity contribution in [2.24, 2.45) is 5.92 Å². The van der Waals surface area contributed by atoms with Gasteiger partial charge in [-0.2, -0.15) is 4.98 Å². The Bertz CT molecular complexity index is 378. The molecule has 96 valence electrons. The number of carbonyl (C=O) groups excluding carboxylic acids is 1. The third-order valence-corrected chi connectivity index (χ3v) is 2.74. The molecule has 0 unspecified atom stereocenters. The van der Waals surface area contributed by atoms with Crippen LogP contribution in [0.4, 0.5) is 0 Å². The molecular weight excluding hydrogens is 222 g/mol. The highest BCUT2D eigenvalue weighted by Crippen LogP contribution is 2.16. The van der Waals surface area contributed by atoms with Gasteiger partial charge in [0, 0.05) is 13.5 Å². The second-order valence-corrected chi connectivity index (χ2v) is 4.21. The highest BCUT2D eigenvalue weighted by atomic mass is 16.5. The Morgan fingerprint density at radius 2 is 2.18 bits per heavy atom. The zero-order chi connectivity index (χ0) is 13.0. The van der Waals surface area contributed by atoms with Gasteiger partial charge in [-0.1, -0.05) is 12.1 Å². The first-order chi connectivity index (χ1) is 7.95. The average Bonchev–Trinajstić information content (AvgIpc) is 2.73. The van der Waals surface area contributed by atoms with Crippen molar-refractivity contribution in [2.75, 3.05) is 20.7 Å². The van der Waals surface area contributed by atoms with Crippen LogP contribution in [0.25, 0.3) is 0 Å². The molecular formula is C11H19N3O3. The van der Waals surface area contributed by atoms with Crippen molar-refractivity contribution in [1.82, 2.24) is 15.0 Å². The third-order valence-electron chi connectivity index (χ3n) is 2.74. The fourth-order valence-electron chi connectivity index (χ4n) is 1.55. The molecule has 0 aromatic carbocycles. The van der Waals surface area contributed by atoms with Crippen molar-refractivity contribution < 1.29 is 14.1 Å². The van der Waals surface area contributed by atoms with Gasteiger partial charge in [0.25, 0.3) is 0 Å². The van der Waals surface area contributed by atoms with Gasteiger partial charge in [-0.15, -0.1) is 0 Å². The van der Waals surface area contributed by atoms with Gasteiger partial charge in [-0.25, -0.2) is 0 Å². The molecule has 6 nitrogen and oxygen atoms in total. The van der Waals surface area contributed by atoms with E-state index in [-0.39, 0.29) is 17.9 Å². The molecule has 17 heavy (non-hydrogen) atoms. The zero-order valence-corrected chi connectivity index (χ0v) is 10.9. The van der Waals surface area contributed by atoms with Gasteiger partial charge in [0.1, 0.15) is 0 Å². The Balaban J connectivity index is 2.58. The van der Waals surface area contributed by atoms with Gasteiger partial charge in [0.05, 0.1) is 19.1 Å². The second-order valence-electron chi connectivity index (χ2n) is 4.21. The predicted octanol–water partition coefficient (Wildman–Crippen LogP) is 1.18. The molecule has 0 radical (unpaired) electrons. The van der Waals surface area contributed by atoms with Gasteiger partial charge < -0.3 is 9.26 Å². The van der Waals surface area contributed by atoms with Crippen LogP contribution in [-0.4, -0.2) is 41.7 Å². The zero-order valence-electron chi connectivity index (χ0n) is 10.9. The Morgan fingerprint density at radius 1 is 1.53 bits per heavy atom. The first kappa shape index (κ1) is 13.6. The largest absolute Gasteiger partial charge is 0.469 e. The molecule has 2 atom stereocenters. The van der Waals surface area contributed by atoms with Crippen LogP contribution in [0.15, 0.2) is 4.52 Å². The molecule has 0 amide bonds. The number of ether oxygens (including phenoxy) is 1. The second kappa shape index (κ2) is 5.77. The lowest BCUT2D eigenvalue weighted by atomic mass is 10.1. The van der Waals surface area contributed by atoms with Crippen LogP contribution in [-0.2, 0) is 9.53 Å². The summed E-state index contributed by atoms with van der Waals surface area (Å²) >= 11 is 0. The number of hydrogen-bond acceptors (Lipinski definition) is 6. The number of esters is 1. The highest BCUT2D eigenvalue weighted by molar-refractivity contribution is 5.72. The molecule has 0 aliphatic rings. The number of hydrogen-bond donors (Lipinski definition) is 0. The van der Waals surface area contributed by atoms with E-state index in [1.165, 1.54) is 7.11 Å². The van der Waals surface area contributed by atoms with Gasteiger partial charge in [0.2, 0.25) is 5.89 Å². The van der Waals surface area contributed by atoms with E-state index in [0.29, 0.717) is 18.3 Å². The molecule has 0 aliphatic heterocycles. The van der Waals surface area contributed by atoms with Gasteiger partial charge >= 0.3 is 5.97 Å². The van der Waals surface area contributed by atoms with Crippen molar-refractivity contribution in [3.63, 3.8) is 0 Å². The maximum atomic E-state index is 11.3. The van der Waals surface area contributed by atoms with Gasteiger partial charge in [-0.3, -0.25) is 9.69 Å². The Labute approximate surface area is 101 Å². The molecule has 1 aromatic heterocycles. The molecule has 1 aromatic rings. The first-order valence-electron chi connectivity index (χ1n) is 5.54. The summed E-state index contributed by atoms with van der Waals surface area (Å²) in [6.45, 7) is 6.13. The highest BCUT2D eigenvalue weighted by Gasteiger charge is 2.22. The molecule has 0 bridgehead atoms. The van der Waals surface area contributed by atoms with Crippen LogP contribution in [0, 0.1) is 12.8 Å². The number of aromatic nitrogens is 2. The fraction of sp³-hybridized carbons (Fsp3) is 0.727. The van der Waals surface area contributed by atoms with E-state index in [0.717, 1.165) is 0 Å². The summed E-state index contributed by atoms with van der Waals surface area (Å²) in [6.07, 6.45) is 0. The van der Waals surface area contributed by atoms with E-state index in [2.05, 4.69) is 14.9 Å². The van der Waals surface area contributed by atoms with E-state index >= 15 is 0 Å². The summed E-state index contributed by atoms with van der Waals surface area (Å²) < 4.78 is 9.62. The van der Waals surface area contributed by atoms with Crippen molar-refractivity contribution in [1.29, 1.82) is 0 Å². The fourth-order valence-corrected chi connectivity index (χ4v) is 1.55. The monoisotopic (exact) mass is 241 g/mol. The summed E-state index contributed by atoms with van der Waals surface area (Å²) in [5, 5.41) is 3.87. The quantitative estimate of drug-likeness (QED) is 0.721. The van der Waals surface area contributed by atoms with E-state index in [4.69, 9.17) is 4.52 Å². The van der Waals surface area contributed by atoms with E-state index in [1.807, 2.05) is 25.8 Å². The Morgan fingerprint density at radius 3 is 2.65 bits per heavy atom. The van der Waals surface area contributed by atoms with Crippen molar-refractivity contribution >= 4 is 5.97 Å². The van der Waals surface area contributed by atoms with Crippen LogP contribution in [0.2, 0.25) is 0 Å². The summed E-state index contributed by atoms with van der Waals surface area (Å²) in [5.41, 5.74) is 0. The standard InChI is InChI=1S/C11H19N3O3/c1-7(11(15)16-5)6-14(4)8(2)10-12-9(3)17-13-10/h7-8H,6H2,1-5H3/t7-,8-/m1/s1. The minimum Gasteiger partial charge on any atom is -0.469 e. The number of aryl methyl sites for hydroxylation is 1. The number of methoxy groups -OCH3 is 1. The molecule has 0 fully saturated rings. The first-order valence-corrected chi connectivity index (χ1v) is 5.54. The molecule has 1 rings (SSSR count). The van der Waals surface area contributed by atoms with Crippen LogP contribution in [0.3, 0.4) is 0 Å². The van der Waals surface area contributed by atoms with Crippen LogP contribution in [0.1, 0.15) is 31.6 Å². The van der Waals surface area contributed by atoms with Crippen LogP contribution < -0.4 is 0 Å². The summed E-state index contributed by atoms with van der Waals surface area (Å²) in [7, 11) is 3.31. The van der Waals surface area contributed by atoms with Gasteiger partial charge in [0.15, 0.2) is 5.82 Å². The van der Waals surface area contributed by atoms with Crippen LogP contribution >= 0.6 is 0 Å². The normalized spacial score (nSPS) is 14.7. The maximum absolute atomic E-state index is 11.3. The topological polar surface area (TPSA) is 68.5 Å². The molecule has 6 heteroatoms. The van der Waals surface area contributed by atoms with Crippen molar-refractivity contribution in [3.05, 3.63) is 11.7 Å². The lowest BCUT2D eigenvalue weighted by Crippen LogP contribution is -2.31. The van der Waals surface area contributed by atoms with Crippen molar-refractivity contribution in [3.8, 4) is 0 Å². The molecule has 0 saturated heterocycles.